The lowest BCUT2D eigenvalue weighted by Crippen LogP contribution is -2.34. The summed E-state index contributed by atoms with van der Waals surface area (Å²) in [7, 11) is 0. The van der Waals surface area contributed by atoms with Crippen molar-refractivity contribution < 1.29 is 0 Å². The molecule has 1 unspecified atom stereocenters. The van der Waals surface area contributed by atoms with E-state index in [1.807, 2.05) is 12.1 Å². The Morgan fingerprint density at radius 3 is 3.08 bits per heavy atom. The molecule has 0 saturated carbocycles. The van der Waals surface area contributed by atoms with Gasteiger partial charge in [0.1, 0.15) is 0 Å². The second-order valence-electron chi connectivity index (χ2n) is 3.26. The molecule has 2 heteroatoms. The summed E-state index contributed by atoms with van der Waals surface area (Å²) in [5.74, 6) is 0. The average Bonchev–Trinajstić information content (AvgIpc) is 2.07. The van der Waals surface area contributed by atoms with E-state index in [4.69, 9.17) is 0 Å². The highest BCUT2D eigenvalue weighted by Gasteiger charge is 2.03. The van der Waals surface area contributed by atoms with E-state index in [1.54, 1.807) is 0 Å². The molecule has 0 bridgehead atoms. The molecule has 2 nitrogen and oxygen atoms in total. The van der Waals surface area contributed by atoms with Crippen molar-refractivity contribution in [1.29, 1.82) is 0 Å². The van der Waals surface area contributed by atoms with Crippen LogP contribution in [0.3, 0.4) is 0 Å². The Morgan fingerprint density at radius 2 is 2.25 bits per heavy atom. The van der Waals surface area contributed by atoms with Crippen molar-refractivity contribution in [2.75, 3.05) is 6.54 Å². The highest BCUT2D eigenvalue weighted by atomic mass is 14.9. The van der Waals surface area contributed by atoms with Crippen molar-refractivity contribution in [3.63, 3.8) is 0 Å². The monoisotopic (exact) mass is 160 g/mol. The van der Waals surface area contributed by atoms with Crippen molar-refractivity contribution >= 4 is 0 Å². The van der Waals surface area contributed by atoms with E-state index in [-0.39, 0.29) is 0 Å². The van der Waals surface area contributed by atoms with Crippen molar-refractivity contribution in [3.05, 3.63) is 34.5 Å². The molecule has 0 saturated heterocycles. The molecular weight excluding hydrogens is 148 g/mol. The van der Waals surface area contributed by atoms with E-state index >= 15 is 0 Å². The number of nitrogens with zero attached hydrogens (tertiary/aromatic N) is 2. The second-order valence-corrected chi connectivity index (χ2v) is 3.26. The van der Waals surface area contributed by atoms with Crippen molar-refractivity contribution in [3.8, 4) is 0 Å². The first kappa shape index (κ1) is 7.47. The number of rotatable bonds is 0. The zero-order valence-electron chi connectivity index (χ0n) is 7.41. The lowest BCUT2D eigenvalue weighted by molar-refractivity contribution is 0.691. The first-order valence-corrected chi connectivity index (χ1v) is 4.25. The zero-order valence-corrected chi connectivity index (χ0v) is 7.41. The maximum atomic E-state index is 4.55. The Balaban J connectivity index is 2.80. The second kappa shape index (κ2) is 2.70. The summed E-state index contributed by atoms with van der Waals surface area (Å²) in [6, 6.07) is 6.48. The van der Waals surface area contributed by atoms with Gasteiger partial charge < -0.3 is 0 Å². The predicted molar refractivity (Wildman–Crippen MR) is 47.8 cm³/mol. The number of para-hydroxylation sites is 1. The summed E-state index contributed by atoms with van der Waals surface area (Å²) in [4.78, 5) is 8.99. The van der Waals surface area contributed by atoms with Crippen LogP contribution in [-0.4, -0.2) is 12.6 Å². The summed E-state index contributed by atoms with van der Waals surface area (Å²) < 4.78 is 0. The maximum Gasteiger partial charge on any atom is 0.0859 e. The number of aryl methyl sites for hydroxylation is 1. The van der Waals surface area contributed by atoms with Gasteiger partial charge in [0.05, 0.1) is 23.3 Å². The van der Waals surface area contributed by atoms with E-state index in [0.717, 1.165) is 17.3 Å². The summed E-state index contributed by atoms with van der Waals surface area (Å²) in [5.41, 5.74) is 1.22. The summed E-state index contributed by atoms with van der Waals surface area (Å²) in [5, 5.41) is 2.13. The third kappa shape index (κ3) is 1.13. The average molecular weight is 160 g/mol. The fraction of sp³-hybridized carbons (Fsp3) is 0.400. The molecule has 1 aromatic carbocycles. The Kier molecular flexibility index (Phi) is 1.68. The molecule has 0 N–H and O–H groups in total. The topological polar surface area (TPSA) is 24.7 Å². The first-order chi connectivity index (χ1) is 5.77. The van der Waals surface area contributed by atoms with Gasteiger partial charge in [-0.3, -0.25) is 9.98 Å². The minimum Gasteiger partial charge on any atom is -0.281 e. The van der Waals surface area contributed by atoms with Crippen LogP contribution in [0.5, 0.6) is 0 Å². The summed E-state index contributed by atoms with van der Waals surface area (Å²) in [6.07, 6.45) is 0. The Morgan fingerprint density at radius 1 is 1.42 bits per heavy atom. The van der Waals surface area contributed by atoms with E-state index in [9.17, 15) is 0 Å². The first-order valence-electron chi connectivity index (χ1n) is 4.25. The highest BCUT2D eigenvalue weighted by Crippen LogP contribution is 1.93. The van der Waals surface area contributed by atoms with Gasteiger partial charge >= 0.3 is 0 Å². The Labute approximate surface area is 71.7 Å². The normalized spacial score (nSPS) is 20.7. The van der Waals surface area contributed by atoms with Gasteiger partial charge in [-0.15, -0.1) is 0 Å². The standard InChI is InChI=1S/C10H12N2/c1-7-4-3-5-9-10(7)12-8(2)6-11-9/h3-5,8H,6H2,1-2H3. The zero-order chi connectivity index (χ0) is 8.55. The van der Waals surface area contributed by atoms with Crippen LogP contribution in [0.15, 0.2) is 28.2 Å². The molecule has 0 radical (unpaired) electrons. The van der Waals surface area contributed by atoms with Gasteiger partial charge in [-0.1, -0.05) is 12.1 Å². The van der Waals surface area contributed by atoms with Crippen molar-refractivity contribution in [1.82, 2.24) is 0 Å². The molecule has 1 heterocycles. The maximum absolute atomic E-state index is 4.55. The summed E-state index contributed by atoms with van der Waals surface area (Å²) in [6.45, 7) is 5.01. The van der Waals surface area contributed by atoms with Gasteiger partial charge in [-0.05, 0) is 25.5 Å². The van der Waals surface area contributed by atoms with Crippen LogP contribution < -0.4 is 10.7 Å². The van der Waals surface area contributed by atoms with Crippen LogP contribution in [0.25, 0.3) is 0 Å². The molecule has 0 spiro atoms. The minimum absolute atomic E-state index is 0.346. The van der Waals surface area contributed by atoms with Gasteiger partial charge in [0.2, 0.25) is 0 Å². The number of hydrogen-bond donors (Lipinski definition) is 0. The van der Waals surface area contributed by atoms with Crippen LogP contribution in [0.1, 0.15) is 12.5 Å². The molecule has 0 amide bonds. The van der Waals surface area contributed by atoms with Gasteiger partial charge in [0, 0.05) is 0 Å². The van der Waals surface area contributed by atoms with E-state index in [1.165, 1.54) is 5.56 Å². The SMILES string of the molecule is Cc1cccc2c1=NC(C)CN=2. The smallest absolute Gasteiger partial charge is 0.0859 e. The lowest BCUT2D eigenvalue weighted by Gasteiger charge is -2.07. The molecular formula is C10H12N2. The largest absolute Gasteiger partial charge is 0.281 e. The number of benzene rings is 1. The van der Waals surface area contributed by atoms with Gasteiger partial charge in [0.15, 0.2) is 0 Å². The molecule has 0 fully saturated rings. The van der Waals surface area contributed by atoms with Gasteiger partial charge in [-0.2, -0.15) is 0 Å². The van der Waals surface area contributed by atoms with Crippen LogP contribution in [0.2, 0.25) is 0 Å². The van der Waals surface area contributed by atoms with Crippen LogP contribution in [-0.2, 0) is 0 Å². The fourth-order valence-corrected chi connectivity index (χ4v) is 1.43. The van der Waals surface area contributed by atoms with Crippen LogP contribution in [0, 0.1) is 6.92 Å². The van der Waals surface area contributed by atoms with Gasteiger partial charge in [-0.25, -0.2) is 0 Å². The van der Waals surface area contributed by atoms with Crippen molar-refractivity contribution in [2.24, 2.45) is 9.98 Å². The van der Waals surface area contributed by atoms with Crippen molar-refractivity contribution in [2.45, 2.75) is 19.9 Å². The number of fused-ring (bicyclic) bond motifs is 1. The third-order valence-electron chi connectivity index (χ3n) is 2.09. The van der Waals surface area contributed by atoms with E-state index in [0.29, 0.717) is 6.04 Å². The molecule has 1 aliphatic rings. The van der Waals surface area contributed by atoms with Gasteiger partial charge in [0.25, 0.3) is 0 Å². The molecule has 1 aliphatic heterocycles. The third-order valence-corrected chi connectivity index (χ3v) is 2.09. The van der Waals surface area contributed by atoms with Crippen LogP contribution in [0.4, 0.5) is 0 Å². The summed E-state index contributed by atoms with van der Waals surface area (Å²) >= 11 is 0. The molecule has 0 aliphatic carbocycles. The molecule has 0 aromatic heterocycles. The molecule has 12 heavy (non-hydrogen) atoms. The molecule has 1 aromatic rings. The predicted octanol–water partition coefficient (Wildman–Crippen LogP) is 0.636. The molecule has 62 valence electrons. The molecule has 1 atom stereocenters. The number of hydrogen-bond acceptors (Lipinski definition) is 2. The highest BCUT2D eigenvalue weighted by molar-refractivity contribution is 5.13. The Hall–Kier alpha value is -1.18. The van der Waals surface area contributed by atoms with Crippen LogP contribution >= 0.6 is 0 Å². The molecule has 2 rings (SSSR count). The Bertz CT molecular complexity index is 406. The fourth-order valence-electron chi connectivity index (χ4n) is 1.43. The lowest BCUT2D eigenvalue weighted by atomic mass is 10.2. The quantitative estimate of drug-likeness (QED) is 0.532. The van der Waals surface area contributed by atoms with E-state index in [2.05, 4.69) is 29.9 Å². The van der Waals surface area contributed by atoms with E-state index < -0.39 is 0 Å². The minimum atomic E-state index is 0.346.